The van der Waals surface area contributed by atoms with Gasteiger partial charge in [0.2, 0.25) is 8.32 Å². The average Bonchev–Trinajstić information content (AvgIpc) is 2.28. The molecule has 0 aromatic heterocycles. The maximum Gasteiger partial charge on any atom is 0.250 e. The van der Waals surface area contributed by atoms with Crippen LogP contribution in [0.1, 0.15) is 26.3 Å². The molecule has 0 aliphatic rings. The van der Waals surface area contributed by atoms with Crippen LogP contribution in [0, 0.1) is 0 Å². The highest BCUT2D eigenvalue weighted by Crippen LogP contribution is 2.37. The second-order valence-electron chi connectivity index (χ2n) is 5.01. The van der Waals surface area contributed by atoms with Crippen molar-refractivity contribution in [3.63, 3.8) is 0 Å². The van der Waals surface area contributed by atoms with Crippen molar-refractivity contribution >= 4 is 24.2 Å². The zero-order valence-corrected chi connectivity index (χ0v) is 12.4. The molecule has 1 nitrogen and oxygen atoms in total. The van der Waals surface area contributed by atoms with E-state index in [2.05, 4.69) is 36.7 Å². The van der Waals surface area contributed by atoms with Crippen LogP contribution in [0.3, 0.4) is 0 Å². The first-order valence-electron chi connectivity index (χ1n) is 6.85. The van der Waals surface area contributed by atoms with Gasteiger partial charge in [0, 0.05) is 4.47 Å². The number of rotatable bonds is 2. The third-order valence-electron chi connectivity index (χ3n) is 2.73. The van der Waals surface area contributed by atoms with Crippen LogP contribution in [-0.4, -0.2) is 8.32 Å². The molecule has 15 heavy (non-hydrogen) atoms. The second kappa shape index (κ2) is 4.30. The summed E-state index contributed by atoms with van der Waals surface area (Å²) in [7, 11) is -2.19. The summed E-state index contributed by atoms with van der Waals surface area (Å²) < 4.78 is 37.6. The molecule has 0 unspecified atom stereocenters. The Morgan fingerprint density at radius 3 is 2.07 bits per heavy atom. The number of hydrogen-bond donors (Lipinski definition) is 0. The molecule has 0 saturated carbocycles. The zero-order chi connectivity index (χ0) is 15.2. The molecular weight excluding hydrogens is 268 g/mol. The summed E-state index contributed by atoms with van der Waals surface area (Å²) in [5.41, 5.74) is 0. The lowest BCUT2D eigenvalue weighted by Gasteiger charge is -2.36. The number of halogens is 1. The lowest BCUT2D eigenvalue weighted by atomic mass is 10.2. The van der Waals surface area contributed by atoms with E-state index in [-0.39, 0.29) is 39.4 Å². The zero-order valence-electron chi connectivity index (χ0n) is 13.8. The molecule has 0 amide bonds. The van der Waals surface area contributed by atoms with E-state index in [4.69, 9.17) is 9.91 Å². The first kappa shape index (κ1) is 7.90. The summed E-state index contributed by atoms with van der Waals surface area (Å²) in [5, 5.41) is -0.0661. The first-order valence-corrected chi connectivity index (χ1v) is 8.55. The molecule has 0 atom stereocenters. The molecule has 0 heterocycles. The van der Waals surface area contributed by atoms with Gasteiger partial charge in [0.1, 0.15) is 5.75 Å². The molecule has 1 aromatic rings. The number of hydrogen-bond acceptors (Lipinski definition) is 1. The highest BCUT2D eigenvalue weighted by molar-refractivity contribution is 9.10. The fourth-order valence-electron chi connectivity index (χ4n) is 0.745. The minimum atomic E-state index is -2.19. The number of benzene rings is 1. The molecule has 0 N–H and O–H groups in total. The largest absolute Gasteiger partial charge is 0.544 e. The molecule has 0 spiro atoms. The Morgan fingerprint density at radius 2 is 1.67 bits per heavy atom. The van der Waals surface area contributed by atoms with Crippen molar-refractivity contribution in [3.8, 4) is 5.75 Å². The van der Waals surface area contributed by atoms with Gasteiger partial charge in [-0.05, 0) is 42.3 Å². The Balaban J connectivity index is 3.39. The van der Waals surface area contributed by atoms with E-state index in [1.807, 2.05) is 13.1 Å². The fourth-order valence-corrected chi connectivity index (χ4v) is 1.86. The summed E-state index contributed by atoms with van der Waals surface area (Å²) in [4.78, 5) is 0. The Bertz CT molecular complexity index is 482. The van der Waals surface area contributed by atoms with Gasteiger partial charge in [0.25, 0.3) is 0 Å². The SMILES string of the molecule is [2H]c1c([2H])c(O[Si](C)(C)C(C)(C)C)c([2H])c([2H])c1Br. The third-order valence-corrected chi connectivity index (χ3v) is 7.46. The molecule has 84 valence electrons. The minimum absolute atomic E-state index is 0.0600. The summed E-state index contributed by atoms with van der Waals surface area (Å²) in [6, 6.07) is -0.459. The highest BCUT2D eigenvalue weighted by Gasteiger charge is 2.38. The van der Waals surface area contributed by atoms with Gasteiger partial charge in [-0.3, -0.25) is 0 Å². The van der Waals surface area contributed by atoms with Crippen LogP contribution in [0.4, 0.5) is 0 Å². The van der Waals surface area contributed by atoms with E-state index in [1.54, 1.807) is 0 Å². The molecule has 1 rings (SSSR count). The molecule has 0 saturated heterocycles. The summed E-state index contributed by atoms with van der Waals surface area (Å²) >= 11 is 3.07. The Kier molecular flexibility index (Phi) is 2.27. The fraction of sp³-hybridized carbons (Fsp3) is 0.500. The van der Waals surface area contributed by atoms with Crippen molar-refractivity contribution in [2.24, 2.45) is 0 Å². The van der Waals surface area contributed by atoms with Crippen molar-refractivity contribution < 1.29 is 9.91 Å². The Hall–Kier alpha value is -0.283. The van der Waals surface area contributed by atoms with Gasteiger partial charge in [-0.15, -0.1) is 0 Å². The highest BCUT2D eigenvalue weighted by atomic mass is 79.9. The van der Waals surface area contributed by atoms with Gasteiger partial charge < -0.3 is 4.43 Å². The lowest BCUT2D eigenvalue weighted by Crippen LogP contribution is -2.43. The van der Waals surface area contributed by atoms with Crippen molar-refractivity contribution in [1.29, 1.82) is 0 Å². The van der Waals surface area contributed by atoms with Crippen molar-refractivity contribution in [2.75, 3.05) is 0 Å². The normalized spacial score (nSPS) is 16.4. The molecule has 0 bridgehead atoms. The quantitative estimate of drug-likeness (QED) is 0.709. The van der Waals surface area contributed by atoms with Crippen LogP contribution in [-0.2, 0) is 0 Å². The van der Waals surface area contributed by atoms with Crippen LogP contribution in [0.5, 0.6) is 5.75 Å². The summed E-state index contributed by atoms with van der Waals surface area (Å²) in [5.74, 6) is 0.0600. The van der Waals surface area contributed by atoms with Gasteiger partial charge in [0.05, 0.1) is 5.48 Å². The van der Waals surface area contributed by atoms with Crippen LogP contribution >= 0.6 is 15.9 Å². The maximum atomic E-state index is 7.93. The Labute approximate surface area is 108 Å². The van der Waals surface area contributed by atoms with Crippen LogP contribution in [0.2, 0.25) is 18.1 Å². The summed E-state index contributed by atoms with van der Waals surface area (Å²) in [6.07, 6.45) is 0. The van der Waals surface area contributed by atoms with Crippen LogP contribution in [0.25, 0.3) is 0 Å². The lowest BCUT2D eigenvalue weighted by molar-refractivity contribution is 0.492. The molecular formula is C12H19BrOSi. The third kappa shape index (κ3) is 3.35. The van der Waals surface area contributed by atoms with Crippen LogP contribution < -0.4 is 4.43 Å². The first-order chi connectivity index (χ1) is 8.40. The monoisotopic (exact) mass is 290 g/mol. The standard InChI is InChI=1S/C12H19BrOSi/c1-12(2,3)15(4,5)14-11-8-6-10(13)7-9-11/h6-9H,1-5H3/i6D,7D,8D,9D. The van der Waals surface area contributed by atoms with E-state index in [0.717, 1.165) is 0 Å². The van der Waals surface area contributed by atoms with E-state index >= 15 is 0 Å². The summed E-state index contributed by atoms with van der Waals surface area (Å²) in [6.45, 7) is 10.2. The van der Waals surface area contributed by atoms with E-state index in [1.165, 1.54) is 0 Å². The van der Waals surface area contributed by atoms with Crippen molar-refractivity contribution in [2.45, 2.75) is 38.9 Å². The van der Waals surface area contributed by atoms with Gasteiger partial charge in [0.15, 0.2) is 0 Å². The Morgan fingerprint density at radius 1 is 1.20 bits per heavy atom. The van der Waals surface area contributed by atoms with Crippen molar-refractivity contribution in [1.82, 2.24) is 0 Å². The predicted octanol–water partition coefficient (Wildman–Crippen LogP) is 4.83. The average molecular weight is 291 g/mol. The molecule has 0 aliphatic carbocycles. The van der Waals surface area contributed by atoms with E-state index in [0.29, 0.717) is 0 Å². The topological polar surface area (TPSA) is 9.23 Å². The predicted molar refractivity (Wildman–Crippen MR) is 72.0 cm³/mol. The molecule has 0 fully saturated rings. The van der Waals surface area contributed by atoms with Gasteiger partial charge in [-0.1, -0.05) is 36.7 Å². The molecule has 0 radical (unpaired) electrons. The van der Waals surface area contributed by atoms with Gasteiger partial charge in [-0.25, -0.2) is 0 Å². The van der Waals surface area contributed by atoms with E-state index in [9.17, 15) is 0 Å². The molecule has 1 aromatic carbocycles. The smallest absolute Gasteiger partial charge is 0.250 e. The minimum Gasteiger partial charge on any atom is -0.544 e. The maximum absolute atomic E-state index is 7.93. The van der Waals surface area contributed by atoms with E-state index < -0.39 is 8.32 Å². The van der Waals surface area contributed by atoms with Gasteiger partial charge in [-0.2, -0.15) is 0 Å². The second-order valence-corrected chi connectivity index (χ2v) is 10.5. The van der Waals surface area contributed by atoms with Crippen molar-refractivity contribution in [3.05, 3.63) is 28.6 Å². The van der Waals surface area contributed by atoms with Crippen LogP contribution in [0.15, 0.2) is 28.6 Å². The molecule has 0 aliphatic heterocycles. The molecule has 3 heteroatoms. The van der Waals surface area contributed by atoms with Gasteiger partial charge >= 0.3 is 0 Å².